The number of hydrogen-bond acceptors (Lipinski definition) is 3. The molecule has 0 aromatic heterocycles. The summed E-state index contributed by atoms with van der Waals surface area (Å²) in [7, 11) is -3.19. The molecule has 5 atom stereocenters. The van der Waals surface area contributed by atoms with E-state index in [0.717, 1.165) is 24.2 Å². The molecule has 2 N–H and O–H groups in total. The summed E-state index contributed by atoms with van der Waals surface area (Å²) in [6.07, 6.45) is 6.45. The Morgan fingerprint density at radius 1 is 1.11 bits per heavy atom. The molecule has 3 rings (SSSR count). The van der Waals surface area contributed by atoms with Gasteiger partial charge in [-0.3, -0.25) is 0 Å². The fraction of sp³-hybridized carbons (Fsp3) is 1.00. The third-order valence-corrected chi connectivity index (χ3v) is 6.94. The smallest absolute Gasteiger partial charge is 0.211 e. The highest BCUT2D eigenvalue weighted by Gasteiger charge is 2.54. The van der Waals surface area contributed by atoms with Gasteiger partial charge in [-0.15, -0.1) is 0 Å². The minimum absolute atomic E-state index is 0.124. The molecular formula is C13H23NO3S. The summed E-state index contributed by atoms with van der Waals surface area (Å²) in [5, 5.41) is 8.69. The lowest BCUT2D eigenvalue weighted by molar-refractivity contribution is 0.202. The molecule has 0 amide bonds. The zero-order chi connectivity index (χ0) is 12.8. The van der Waals surface area contributed by atoms with Crippen molar-refractivity contribution in [2.45, 2.75) is 32.1 Å². The predicted octanol–water partition coefficient (Wildman–Crippen LogP) is 0.970. The zero-order valence-electron chi connectivity index (χ0n) is 10.7. The van der Waals surface area contributed by atoms with Gasteiger partial charge in [-0.05, 0) is 55.3 Å². The molecule has 3 aliphatic rings. The highest BCUT2D eigenvalue weighted by Crippen LogP contribution is 2.61. The van der Waals surface area contributed by atoms with Gasteiger partial charge >= 0.3 is 0 Å². The minimum Gasteiger partial charge on any atom is -0.395 e. The Bertz CT molecular complexity index is 408. The van der Waals surface area contributed by atoms with Crippen molar-refractivity contribution in [1.82, 2.24) is 4.72 Å². The first kappa shape index (κ1) is 12.9. The normalized spacial score (nSPS) is 42.4. The Morgan fingerprint density at radius 3 is 2.67 bits per heavy atom. The Morgan fingerprint density at radius 2 is 1.89 bits per heavy atom. The fourth-order valence-electron chi connectivity index (χ4n) is 4.94. The van der Waals surface area contributed by atoms with Crippen LogP contribution in [0.15, 0.2) is 0 Å². The molecule has 3 saturated carbocycles. The van der Waals surface area contributed by atoms with Crippen molar-refractivity contribution >= 4 is 10.0 Å². The number of hydrogen-bond donors (Lipinski definition) is 2. The molecule has 0 aliphatic heterocycles. The second-order valence-electron chi connectivity index (χ2n) is 6.31. The van der Waals surface area contributed by atoms with Crippen molar-refractivity contribution < 1.29 is 13.5 Å². The van der Waals surface area contributed by atoms with E-state index in [1.165, 1.54) is 25.7 Å². The Hall–Kier alpha value is -0.130. The second-order valence-corrected chi connectivity index (χ2v) is 8.16. The maximum atomic E-state index is 11.9. The first-order valence-corrected chi connectivity index (χ1v) is 8.84. The molecule has 0 radical (unpaired) electrons. The summed E-state index contributed by atoms with van der Waals surface area (Å²) in [6.45, 7) is 0.0237. The van der Waals surface area contributed by atoms with Gasteiger partial charge in [0.25, 0.3) is 0 Å². The largest absolute Gasteiger partial charge is 0.395 e. The molecule has 3 fully saturated rings. The van der Waals surface area contributed by atoms with Crippen LogP contribution < -0.4 is 4.72 Å². The van der Waals surface area contributed by atoms with Crippen LogP contribution in [0.2, 0.25) is 0 Å². The first-order chi connectivity index (χ1) is 8.61. The lowest BCUT2D eigenvalue weighted by Crippen LogP contribution is -2.35. The van der Waals surface area contributed by atoms with Gasteiger partial charge in [-0.2, -0.15) is 0 Å². The summed E-state index contributed by atoms with van der Waals surface area (Å²) in [5.41, 5.74) is 0. The van der Waals surface area contributed by atoms with Gasteiger partial charge in [0.1, 0.15) is 0 Å². The van der Waals surface area contributed by atoms with Gasteiger partial charge in [0.15, 0.2) is 0 Å². The summed E-state index contributed by atoms with van der Waals surface area (Å²) < 4.78 is 26.3. The number of sulfonamides is 1. The van der Waals surface area contributed by atoms with Crippen LogP contribution in [0.3, 0.4) is 0 Å². The molecule has 18 heavy (non-hydrogen) atoms. The molecule has 2 bridgehead atoms. The van der Waals surface area contributed by atoms with E-state index in [1.807, 2.05) is 0 Å². The average molecular weight is 273 g/mol. The van der Waals surface area contributed by atoms with Crippen molar-refractivity contribution in [2.24, 2.45) is 29.6 Å². The average Bonchev–Trinajstić information content (AvgIpc) is 2.96. The Labute approximate surface area is 109 Å². The lowest BCUT2D eigenvalue weighted by atomic mass is 9.76. The predicted molar refractivity (Wildman–Crippen MR) is 69.4 cm³/mol. The van der Waals surface area contributed by atoms with Crippen LogP contribution in [-0.2, 0) is 10.0 Å². The molecule has 5 heteroatoms. The quantitative estimate of drug-likeness (QED) is 0.784. The number of rotatable bonds is 5. The van der Waals surface area contributed by atoms with Gasteiger partial charge in [-0.1, -0.05) is 6.42 Å². The van der Waals surface area contributed by atoms with E-state index < -0.39 is 10.0 Å². The number of aliphatic hydroxyl groups excluding tert-OH is 1. The third kappa shape index (κ3) is 2.21. The number of aliphatic hydroxyl groups is 1. The Kier molecular flexibility index (Phi) is 3.41. The molecule has 0 spiro atoms. The van der Waals surface area contributed by atoms with Crippen molar-refractivity contribution in [3.63, 3.8) is 0 Å². The van der Waals surface area contributed by atoms with Crippen LogP contribution in [0, 0.1) is 29.6 Å². The van der Waals surface area contributed by atoms with E-state index >= 15 is 0 Å². The van der Waals surface area contributed by atoms with Crippen LogP contribution in [0.4, 0.5) is 0 Å². The van der Waals surface area contributed by atoms with Gasteiger partial charge < -0.3 is 5.11 Å². The van der Waals surface area contributed by atoms with Crippen LogP contribution >= 0.6 is 0 Å². The van der Waals surface area contributed by atoms with Gasteiger partial charge in [0.05, 0.1) is 12.4 Å². The standard InChI is InChI=1S/C13H23NO3S/c15-5-4-14-18(16,17)8-10-6-9-7-13(10)12-3-1-2-11(9)12/h9-15H,1-8H2. The van der Waals surface area contributed by atoms with Crippen LogP contribution in [0.5, 0.6) is 0 Å². The van der Waals surface area contributed by atoms with E-state index in [9.17, 15) is 8.42 Å². The maximum absolute atomic E-state index is 11.9. The summed E-state index contributed by atoms with van der Waals surface area (Å²) in [5.74, 6) is 3.85. The molecule has 0 saturated heterocycles. The molecule has 104 valence electrons. The Balaban J connectivity index is 1.62. The lowest BCUT2D eigenvalue weighted by Gasteiger charge is -2.31. The van der Waals surface area contributed by atoms with Crippen molar-refractivity contribution in [1.29, 1.82) is 0 Å². The van der Waals surface area contributed by atoms with E-state index in [2.05, 4.69) is 4.72 Å². The van der Waals surface area contributed by atoms with Crippen LogP contribution in [-0.4, -0.2) is 32.4 Å². The monoisotopic (exact) mass is 273 g/mol. The summed E-state index contributed by atoms with van der Waals surface area (Å²) >= 11 is 0. The van der Waals surface area contributed by atoms with Crippen LogP contribution in [0.25, 0.3) is 0 Å². The van der Waals surface area contributed by atoms with Crippen LogP contribution in [0.1, 0.15) is 32.1 Å². The topological polar surface area (TPSA) is 66.4 Å². The minimum atomic E-state index is -3.19. The van der Waals surface area contributed by atoms with Crippen molar-refractivity contribution in [3.8, 4) is 0 Å². The van der Waals surface area contributed by atoms with E-state index in [1.54, 1.807) is 0 Å². The summed E-state index contributed by atoms with van der Waals surface area (Å²) in [4.78, 5) is 0. The van der Waals surface area contributed by atoms with E-state index in [4.69, 9.17) is 5.11 Å². The maximum Gasteiger partial charge on any atom is 0.211 e. The number of fused-ring (bicyclic) bond motifs is 5. The highest BCUT2D eigenvalue weighted by atomic mass is 32.2. The van der Waals surface area contributed by atoms with Crippen molar-refractivity contribution in [2.75, 3.05) is 18.9 Å². The number of nitrogens with one attached hydrogen (secondary N) is 1. The molecule has 4 nitrogen and oxygen atoms in total. The molecule has 0 heterocycles. The van der Waals surface area contributed by atoms with E-state index in [0.29, 0.717) is 11.8 Å². The highest BCUT2D eigenvalue weighted by molar-refractivity contribution is 7.89. The van der Waals surface area contributed by atoms with Gasteiger partial charge in [-0.25, -0.2) is 13.1 Å². The third-order valence-electron chi connectivity index (χ3n) is 5.43. The fourth-order valence-corrected chi connectivity index (χ4v) is 6.41. The molecule has 5 unspecified atom stereocenters. The summed E-state index contributed by atoms with van der Waals surface area (Å²) in [6, 6.07) is 0. The molecule has 0 aromatic rings. The molecule has 0 aromatic carbocycles. The van der Waals surface area contributed by atoms with Crippen molar-refractivity contribution in [3.05, 3.63) is 0 Å². The van der Waals surface area contributed by atoms with Gasteiger partial charge in [0, 0.05) is 6.54 Å². The van der Waals surface area contributed by atoms with Gasteiger partial charge in [0.2, 0.25) is 10.0 Å². The second kappa shape index (κ2) is 4.76. The first-order valence-electron chi connectivity index (χ1n) is 7.19. The molecular weight excluding hydrogens is 250 g/mol. The van der Waals surface area contributed by atoms with E-state index in [-0.39, 0.29) is 18.9 Å². The SMILES string of the molecule is O=S(=O)(CC1CC2CC1C1CCCC21)NCCO. The zero-order valence-corrected chi connectivity index (χ0v) is 11.5. The molecule has 3 aliphatic carbocycles.